The Bertz CT molecular complexity index is 237. The van der Waals surface area contributed by atoms with Gasteiger partial charge in [0.05, 0.1) is 17.7 Å². The van der Waals surface area contributed by atoms with Gasteiger partial charge in [0, 0.05) is 0 Å². The first-order chi connectivity index (χ1) is 5.26. The summed E-state index contributed by atoms with van der Waals surface area (Å²) in [6, 6.07) is 0. The number of aromatic nitrogens is 1. The van der Waals surface area contributed by atoms with Crippen molar-refractivity contribution in [3.63, 3.8) is 0 Å². The summed E-state index contributed by atoms with van der Waals surface area (Å²) in [6.07, 6.45) is 4.81. The quantitative estimate of drug-likeness (QED) is 0.691. The van der Waals surface area contributed by atoms with Crippen LogP contribution in [-0.2, 0) is 5.41 Å². The first kappa shape index (κ1) is 6.85. The van der Waals surface area contributed by atoms with E-state index in [0.29, 0.717) is 0 Å². The molecule has 3 nitrogen and oxygen atoms in total. The van der Waals surface area contributed by atoms with Crippen LogP contribution in [0.25, 0.3) is 0 Å². The lowest BCUT2D eigenvalue weighted by atomic mass is 9.98. The molecule has 0 amide bonds. The molecule has 1 aromatic heterocycles. The van der Waals surface area contributed by atoms with Crippen LogP contribution in [0.4, 0.5) is 0 Å². The number of aliphatic hydroxyl groups excluding tert-OH is 1. The van der Waals surface area contributed by atoms with E-state index < -0.39 is 0 Å². The molecule has 1 aliphatic rings. The molecular weight excluding hydrogens is 142 g/mol. The molecule has 1 atom stereocenters. The van der Waals surface area contributed by atoms with Gasteiger partial charge in [0.15, 0.2) is 6.39 Å². The normalized spacial score (nSPS) is 23.1. The van der Waals surface area contributed by atoms with Crippen LogP contribution in [0.15, 0.2) is 17.0 Å². The smallest absolute Gasteiger partial charge is 0.180 e. The van der Waals surface area contributed by atoms with Crippen LogP contribution in [0.3, 0.4) is 0 Å². The molecule has 1 aliphatic carbocycles. The van der Waals surface area contributed by atoms with Gasteiger partial charge in [-0.1, -0.05) is 0 Å². The summed E-state index contributed by atoms with van der Waals surface area (Å²) in [5.74, 6) is 0.826. The summed E-state index contributed by atoms with van der Waals surface area (Å²) < 4.78 is 5.15. The van der Waals surface area contributed by atoms with E-state index in [9.17, 15) is 5.11 Å². The lowest BCUT2D eigenvalue weighted by Crippen LogP contribution is -2.21. The Labute approximate surface area is 65.1 Å². The Hall–Kier alpha value is -0.830. The standard InChI is InChI=1S/C8H11NO2/c1-6(10)8(2-3-8)7-4-9-5-11-7/h4-6,10H,2-3H2,1H3. The van der Waals surface area contributed by atoms with Gasteiger partial charge in [-0.2, -0.15) is 0 Å². The maximum Gasteiger partial charge on any atom is 0.180 e. The van der Waals surface area contributed by atoms with Gasteiger partial charge < -0.3 is 9.52 Å². The summed E-state index contributed by atoms with van der Waals surface area (Å²) in [6.45, 7) is 1.80. The first-order valence-corrected chi connectivity index (χ1v) is 3.83. The van der Waals surface area contributed by atoms with Crippen molar-refractivity contribution >= 4 is 0 Å². The van der Waals surface area contributed by atoms with E-state index in [1.807, 2.05) is 0 Å². The van der Waals surface area contributed by atoms with E-state index in [2.05, 4.69) is 4.98 Å². The number of hydrogen-bond donors (Lipinski definition) is 1. The molecule has 3 heteroatoms. The molecule has 1 fully saturated rings. The topological polar surface area (TPSA) is 46.3 Å². The molecule has 0 aromatic carbocycles. The third-order valence-electron chi connectivity index (χ3n) is 2.51. The maximum atomic E-state index is 9.43. The lowest BCUT2D eigenvalue weighted by Gasteiger charge is -2.14. The van der Waals surface area contributed by atoms with Crippen molar-refractivity contribution < 1.29 is 9.52 Å². The molecule has 11 heavy (non-hydrogen) atoms. The Morgan fingerprint density at radius 1 is 1.73 bits per heavy atom. The second-order valence-corrected chi connectivity index (χ2v) is 3.20. The Balaban J connectivity index is 2.29. The van der Waals surface area contributed by atoms with Crippen molar-refractivity contribution in [2.75, 3.05) is 0 Å². The third-order valence-corrected chi connectivity index (χ3v) is 2.51. The second kappa shape index (κ2) is 2.08. The Morgan fingerprint density at radius 2 is 2.45 bits per heavy atom. The highest BCUT2D eigenvalue weighted by molar-refractivity contribution is 5.21. The minimum atomic E-state index is -0.324. The fourth-order valence-electron chi connectivity index (χ4n) is 1.47. The van der Waals surface area contributed by atoms with Gasteiger partial charge in [-0.3, -0.25) is 0 Å². The number of rotatable bonds is 2. The lowest BCUT2D eigenvalue weighted by molar-refractivity contribution is 0.138. The highest BCUT2D eigenvalue weighted by Gasteiger charge is 2.51. The molecule has 1 aromatic rings. The number of aliphatic hydroxyl groups is 1. The Morgan fingerprint density at radius 3 is 2.82 bits per heavy atom. The minimum Gasteiger partial charge on any atom is -0.448 e. The molecule has 1 unspecified atom stereocenters. The molecule has 60 valence electrons. The van der Waals surface area contributed by atoms with Crippen LogP contribution >= 0.6 is 0 Å². The molecular formula is C8H11NO2. The van der Waals surface area contributed by atoms with E-state index >= 15 is 0 Å². The maximum absolute atomic E-state index is 9.43. The first-order valence-electron chi connectivity index (χ1n) is 3.83. The molecule has 2 rings (SSSR count). The van der Waals surface area contributed by atoms with E-state index in [1.54, 1.807) is 13.1 Å². The van der Waals surface area contributed by atoms with E-state index in [4.69, 9.17) is 4.42 Å². The van der Waals surface area contributed by atoms with Crippen LogP contribution in [0.1, 0.15) is 25.5 Å². The molecule has 1 N–H and O–H groups in total. The van der Waals surface area contributed by atoms with Gasteiger partial charge in [-0.25, -0.2) is 4.98 Å². The molecule has 1 heterocycles. The molecule has 0 spiro atoms. The molecule has 0 bridgehead atoms. The molecule has 1 saturated carbocycles. The SMILES string of the molecule is CC(O)C1(c2cnco2)CC1. The zero-order chi connectivity index (χ0) is 7.90. The molecule has 0 saturated heterocycles. The number of hydrogen-bond acceptors (Lipinski definition) is 3. The van der Waals surface area contributed by atoms with Crippen molar-refractivity contribution in [3.8, 4) is 0 Å². The van der Waals surface area contributed by atoms with Crippen LogP contribution < -0.4 is 0 Å². The van der Waals surface area contributed by atoms with Gasteiger partial charge in [-0.05, 0) is 19.8 Å². The summed E-state index contributed by atoms with van der Waals surface area (Å²) in [5.41, 5.74) is -0.101. The average molecular weight is 153 g/mol. The predicted octanol–water partition coefficient (Wildman–Crippen LogP) is 1.09. The summed E-state index contributed by atoms with van der Waals surface area (Å²) in [5, 5.41) is 9.43. The van der Waals surface area contributed by atoms with Gasteiger partial charge in [0.2, 0.25) is 0 Å². The highest BCUT2D eigenvalue weighted by Crippen LogP contribution is 2.50. The number of nitrogens with zero attached hydrogens (tertiary/aromatic N) is 1. The van der Waals surface area contributed by atoms with Gasteiger partial charge in [0.1, 0.15) is 5.76 Å². The van der Waals surface area contributed by atoms with Gasteiger partial charge >= 0.3 is 0 Å². The van der Waals surface area contributed by atoms with Crippen molar-refractivity contribution in [1.29, 1.82) is 0 Å². The van der Waals surface area contributed by atoms with Gasteiger partial charge in [0.25, 0.3) is 0 Å². The molecule has 0 radical (unpaired) electrons. The van der Waals surface area contributed by atoms with Crippen LogP contribution in [0.2, 0.25) is 0 Å². The summed E-state index contributed by atoms with van der Waals surface area (Å²) >= 11 is 0. The average Bonchev–Trinajstić information content (AvgIpc) is 2.61. The van der Waals surface area contributed by atoms with E-state index in [-0.39, 0.29) is 11.5 Å². The fourth-order valence-corrected chi connectivity index (χ4v) is 1.47. The Kier molecular flexibility index (Phi) is 1.29. The van der Waals surface area contributed by atoms with Crippen molar-refractivity contribution in [1.82, 2.24) is 4.98 Å². The fraction of sp³-hybridized carbons (Fsp3) is 0.625. The minimum absolute atomic E-state index is 0.101. The monoisotopic (exact) mass is 153 g/mol. The third kappa shape index (κ3) is 0.878. The summed E-state index contributed by atoms with van der Waals surface area (Å²) in [4.78, 5) is 3.83. The van der Waals surface area contributed by atoms with Crippen LogP contribution in [-0.4, -0.2) is 16.2 Å². The van der Waals surface area contributed by atoms with E-state index in [1.165, 1.54) is 6.39 Å². The highest BCUT2D eigenvalue weighted by atomic mass is 16.3. The second-order valence-electron chi connectivity index (χ2n) is 3.20. The predicted molar refractivity (Wildman–Crippen MR) is 39.1 cm³/mol. The molecule has 0 aliphatic heterocycles. The van der Waals surface area contributed by atoms with Crippen LogP contribution in [0, 0.1) is 0 Å². The zero-order valence-corrected chi connectivity index (χ0v) is 6.45. The zero-order valence-electron chi connectivity index (χ0n) is 6.45. The summed E-state index contributed by atoms with van der Waals surface area (Å²) in [7, 11) is 0. The van der Waals surface area contributed by atoms with Crippen LogP contribution in [0.5, 0.6) is 0 Å². The van der Waals surface area contributed by atoms with Crippen molar-refractivity contribution in [3.05, 3.63) is 18.4 Å². The number of oxazole rings is 1. The largest absolute Gasteiger partial charge is 0.448 e. The van der Waals surface area contributed by atoms with Crippen molar-refractivity contribution in [2.45, 2.75) is 31.3 Å². The van der Waals surface area contributed by atoms with Gasteiger partial charge in [-0.15, -0.1) is 0 Å². The van der Waals surface area contributed by atoms with E-state index in [0.717, 1.165) is 18.6 Å². The van der Waals surface area contributed by atoms with Crippen molar-refractivity contribution in [2.24, 2.45) is 0 Å².